The molecule has 20 heavy (non-hydrogen) atoms. The van der Waals surface area contributed by atoms with Crippen molar-refractivity contribution in [3.05, 3.63) is 51.9 Å². The van der Waals surface area contributed by atoms with E-state index in [9.17, 15) is 0 Å². The normalized spacial score (nSPS) is 12.4. The van der Waals surface area contributed by atoms with Gasteiger partial charge in [-0.2, -0.15) is 0 Å². The van der Waals surface area contributed by atoms with Crippen LogP contribution in [0.4, 0.5) is 0 Å². The number of ether oxygens (including phenoxy) is 1. The molecule has 108 valence electrons. The third kappa shape index (κ3) is 3.44. The van der Waals surface area contributed by atoms with Crippen molar-refractivity contribution in [3.63, 3.8) is 0 Å². The first-order chi connectivity index (χ1) is 9.67. The van der Waals surface area contributed by atoms with E-state index in [0.29, 0.717) is 0 Å². The molecule has 1 aromatic heterocycles. The van der Waals surface area contributed by atoms with E-state index in [1.807, 2.05) is 31.3 Å². The van der Waals surface area contributed by atoms with Crippen molar-refractivity contribution in [1.82, 2.24) is 5.32 Å². The Morgan fingerprint density at radius 3 is 2.70 bits per heavy atom. The molecular weight excluding hydrogens is 318 g/mol. The summed E-state index contributed by atoms with van der Waals surface area (Å²) in [6.07, 6.45) is 1.75. The lowest BCUT2D eigenvalue weighted by molar-refractivity contribution is 0.403. The van der Waals surface area contributed by atoms with Crippen molar-refractivity contribution in [2.24, 2.45) is 0 Å². The van der Waals surface area contributed by atoms with Gasteiger partial charge in [0.25, 0.3) is 0 Å². The van der Waals surface area contributed by atoms with Gasteiger partial charge in [0.15, 0.2) is 0 Å². The molecule has 0 bridgehead atoms. The molecule has 1 aromatic carbocycles. The Kier molecular flexibility index (Phi) is 5.26. The highest BCUT2D eigenvalue weighted by Crippen LogP contribution is 2.28. The van der Waals surface area contributed by atoms with Gasteiger partial charge in [-0.05, 0) is 49.4 Å². The minimum absolute atomic E-state index is 0.152. The van der Waals surface area contributed by atoms with Gasteiger partial charge < -0.3 is 14.5 Å². The van der Waals surface area contributed by atoms with Gasteiger partial charge in [-0.3, -0.25) is 0 Å². The molecule has 2 rings (SSSR count). The Labute approximate surface area is 128 Å². The van der Waals surface area contributed by atoms with Crippen LogP contribution in [-0.2, 0) is 12.8 Å². The number of furan rings is 1. The molecule has 1 atom stereocenters. The second kappa shape index (κ2) is 6.95. The molecule has 2 aromatic rings. The van der Waals surface area contributed by atoms with E-state index in [2.05, 4.69) is 34.2 Å². The zero-order valence-corrected chi connectivity index (χ0v) is 13.7. The van der Waals surface area contributed by atoms with Crippen LogP contribution >= 0.6 is 15.9 Å². The summed E-state index contributed by atoms with van der Waals surface area (Å²) in [7, 11) is 3.63. The lowest BCUT2D eigenvalue weighted by atomic mass is 10.0. The smallest absolute Gasteiger partial charge is 0.121 e. The summed E-state index contributed by atoms with van der Waals surface area (Å²) >= 11 is 3.59. The maximum absolute atomic E-state index is 5.85. The Bertz CT molecular complexity index is 565. The summed E-state index contributed by atoms with van der Waals surface area (Å²) in [4.78, 5) is 0. The fourth-order valence-electron chi connectivity index (χ4n) is 2.17. The number of methoxy groups -OCH3 is 1. The monoisotopic (exact) mass is 337 g/mol. The fourth-order valence-corrected chi connectivity index (χ4v) is 2.58. The zero-order valence-electron chi connectivity index (χ0n) is 12.1. The van der Waals surface area contributed by atoms with E-state index >= 15 is 0 Å². The van der Waals surface area contributed by atoms with Crippen LogP contribution in [0.3, 0.4) is 0 Å². The van der Waals surface area contributed by atoms with Crippen molar-refractivity contribution >= 4 is 15.9 Å². The second-order valence-corrected chi connectivity index (χ2v) is 5.51. The number of benzene rings is 1. The largest absolute Gasteiger partial charge is 0.497 e. The summed E-state index contributed by atoms with van der Waals surface area (Å²) in [5, 5.41) is 3.31. The van der Waals surface area contributed by atoms with Crippen molar-refractivity contribution in [1.29, 1.82) is 0 Å². The average molecular weight is 338 g/mol. The summed E-state index contributed by atoms with van der Waals surface area (Å²) in [5.74, 6) is 2.86. The van der Waals surface area contributed by atoms with Gasteiger partial charge in [0.2, 0.25) is 0 Å². The Hall–Kier alpha value is -1.26. The van der Waals surface area contributed by atoms with Gasteiger partial charge in [0, 0.05) is 10.9 Å². The highest BCUT2D eigenvalue weighted by atomic mass is 79.9. The molecule has 4 heteroatoms. The number of rotatable bonds is 6. The van der Waals surface area contributed by atoms with Crippen LogP contribution < -0.4 is 10.1 Å². The first-order valence-corrected chi connectivity index (χ1v) is 7.55. The summed E-state index contributed by atoms with van der Waals surface area (Å²) in [6.45, 7) is 2.09. The molecule has 1 unspecified atom stereocenters. The number of hydrogen-bond donors (Lipinski definition) is 1. The average Bonchev–Trinajstić information content (AvgIpc) is 2.95. The number of nitrogens with one attached hydrogen (secondary N) is 1. The molecule has 0 spiro atoms. The molecule has 0 radical (unpaired) electrons. The molecule has 0 aliphatic heterocycles. The SMILES string of the molecule is CCc1ccc(C(Cc2cc(OC)ccc2Br)NC)o1. The predicted octanol–water partition coefficient (Wildman–Crippen LogP) is 4.12. The van der Waals surface area contributed by atoms with Crippen LogP contribution in [0, 0.1) is 0 Å². The van der Waals surface area contributed by atoms with Gasteiger partial charge in [0.05, 0.1) is 13.2 Å². The predicted molar refractivity (Wildman–Crippen MR) is 84.3 cm³/mol. The first kappa shape index (κ1) is 15.1. The molecule has 0 amide bonds. The number of halogens is 1. The lowest BCUT2D eigenvalue weighted by Crippen LogP contribution is -2.18. The molecule has 0 saturated heterocycles. The van der Waals surface area contributed by atoms with E-state index in [0.717, 1.165) is 34.6 Å². The van der Waals surface area contributed by atoms with E-state index < -0.39 is 0 Å². The van der Waals surface area contributed by atoms with E-state index in [4.69, 9.17) is 9.15 Å². The van der Waals surface area contributed by atoms with Crippen molar-refractivity contribution in [2.45, 2.75) is 25.8 Å². The molecule has 0 fully saturated rings. The van der Waals surface area contributed by atoms with E-state index in [1.165, 1.54) is 5.56 Å². The van der Waals surface area contributed by atoms with Gasteiger partial charge in [-0.25, -0.2) is 0 Å². The molecule has 3 nitrogen and oxygen atoms in total. The molecule has 1 N–H and O–H groups in total. The number of hydrogen-bond acceptors (Lipinski definition) is 3. The third-order valence-corrected chi connectivity index (χ3v) is 4.17. The van der Waals surface area contributed by atoms with Crippen LogP contribution in [0.5, 0.6) is 5.75 Å². The van der Waals surface area contributed by atoms with Gasteiger partial charge in [-0.1, -0.05) is 22.9 Å². The summed E-state index contributed by atoms with van der Waals surface area (Å²) in [5.41, 5.74) is 1.19. The molecule has 0 aliphatic carbocycles. The maximum Gasteiger partial charge on any atom is 0.121 e. The summed E-state index contributed by atoms with van der Waals surface area (Å²) < 4.78 is 12.2. The zero-order chi connectivity index (χ0) is 14.5. The van der Waals surface area contributed by atoms with Crippen molar-refractivity contribution < 1.29 is 9.15 Å². The quantitative estimate of drug-likeness (QED) is 0.861. The van der Waals surface area contributed by atoms with Crippen LogP contribution in [0.25, 0.3) is 0 Å². The summed E-state index contributed by atoms with van der Waals surface area (Å²) in [6, 6.07) is 10.3. The first-order valence-electron chi connectivity index (χ1n) is 6.76. The second-order valence-electron chi connectivity index (χ2n) is 4.66. The minimum atomic E-state index is 0.152. The van der Waals surface area contributed by atoms with Gasteiger partial charge >= 0.3 is 0 Å². The lowest BCUT2D eigenvalue weighted by Gasteiger charge is -2.15. The Morgan fingerprint density at radius 2 is 2.10 bits per heavy atom. The minimum Gasteiger partial charge on any atom is -0.497 e. The van der Waals surface area contributed by atoms with Crippen molar-refractivity contribution in [2.75, 3.05) is 14.2 Å². The highest BCUT2D eigenvalue weighted by molar-refractivity contribution is 9.10. The molecule has 0 aliphatic rings. The van der Waals surface area contributed by atoms with Crippen molar-refractivity contribution in [3.8, 4) is 5.75 Å². The fraction of sp³-hybridized carbons (Fsp3) is 0.375. The van der Waals surface area contributed by atoms with Gasteiger partial charge in [-0.15, -0.1) is 0 Å². The van der Waals surface area contributed by atoms with Crippen LogP contribution in [0.1, 0.15) is 30.0 Å². The van der Waals surface area contributed by atoms with E-state index in [1.54, 1.807) is 7.11 Å². The molecule has 1 heterocycles. The Balaban J connectivity index is 2.21. The topological polar surface area (TPSA) is 34.4 Å². The standard InChI is InChI=1S/C16H20BrNO2/c1-4-12-6-8-16(20-12)15(18-2)10-11-9-13(19-3)5-7-14(11)17/h5-9,15,18H,4,10H2,1-3H3. The van der Waals surface area contributed by atoms with E-state index in [-0.39, 0.29) is 6.04 Å². The molecule has 0 saturated carbocycles. The van der Waals surface area contributed by atoms with Crippen LogP contribution in [0.2, 0.25) is 0 Å². The maximum atomic E-state index is 5.85. The number of aryl methyl sites for hydroxylation is 1. The number of likely N-dealkylation sites (N-methyl/N-ethyl adjacent to an activating group) is 1. The Morgan fingerprint density at radius 1 is 1.30 bits per heavy atom. The third-order valence-electron chi connectivity index (χ3n) is 3.40. The van der Waals surface area contributed by atoms with Gasteiger partial charge in [0.1, 0.15) is 17.3 Å². The van der Waals surface area contributed by atoms with Crippen LogP contribution in [0.15, 0.2) is 39.2 Å². The van der Waals surface area contributed by atoms with Crippen LogP contribution in [-0.4, -0.2) is 14.2 Å². The molecular formula is C16H20BrNO2. The highest BCUT2D eigenvalue weighted by Gasteiger charge is 2.16.